The Bertz CT molecular complexity index is 1060. The Morgan fingerprint density at radius 3 is 2.18 bits per heavy atom. The zero-order valence-electron chi connectivity index (χ0n) is 18.6. The van der Waals surface area contributed by atoms with Crippen molar-refractivity contribution in [3.63, 3.8) is 0 Å². The Morgan fingerprint density at radius 1 is 0.882 bits per heavy atom. The fraction of sp³-hybridized carbons (Fsp3) is 0.360. The van der Waals surface area contributed by atoms with Gasteiger partial charge in [0.05, 0.1) is 12.5 Å². The molecule has 2 aromatic rings. The molecule has 9 nitrogen and oxygen atoms in total. The molecule has 0 saturated heterocycles. The van der Waals surface area contributed by atoms with E-state index in [0.29, 0.717) is 12.8 Å². The quantitative estimate of drug-likeness (QED) is 0.471. The first-order chi connectivity index (χ1) is 16.4. The van der Waals surface area contributed by atoms with Gasteiger partial charge in [0.1, 0.15) is 13.2 Å². The number of carboxylic acid groups (broad SMARTS) is 1. The van der Waals surface area contributed by atoms with Crippen molar-refractivity contribution in [3.8, 4) is 11.1 Å². The van der Waals surface area contributed by atoms with Gasteiger partial charge in [0.15, 0.2) is 0 Å². The van der Waals surface area contributed by atoms with Gasteiger partial charge in [0.25, 0.3) is 0 Å². The van der Waals surface area contributed by atoms with E-state index >= 15 is 0 Å². The number of ether oxygens (including phenoxy) is 1. The van der Waals surface area contributed by atoms with Crippen molar-refractivity contribution >= 4 is 23.9 Å². The first kappa shape index (κ1) is 23.3. The number of benzene rings is 2. The SMILES string of the molecule is O=C(O)CNC(=O)CNC(=O)C1CCCC1NC(=O)OCC1c2ccccc2-c2ccccc21. The molecule has 2 unspecified atom stereocenters. The maximum atomic E-state index is 12.6. The summed E-state index contributed by atoms with van der Waals surface area (Å²) in [6.45, 7) is -0.641. The van der Waals surface area contributed by atoms with E-state index in [9.17, 15) is 19.2 Å². The van der Waals surface area contributed by atoms with Crippen molar-refractivity contribution in [2.24, 2.45) is 5.92 Å². The molecule has 0 bridgehead atoms. The average molecular weight is 466 g/mol. The maximum Gasteiger partial charge on any atom is 0.407 e. The summed E-state index contributed by atoms with van der Waals surface area (Å²) >= 11 is 0. The summed E-state index contributed by atoms with van der Waals surface area (Å²) in [6, 6.07) is 15.8. The molecule has 4 N–H and O–H groups in total. The Morgan fingerprint density at radius 2 is 1.53 bits per heavy atom. The highest BCUT2D eigenvalue weighted by atomic mass is 16.5. The van der Waals surface area contributed by atoms with Crippen molar-refractivity contribution in [2.45, 2.75) is 31.2 Å². The van der Waals surface area contributed by atoms with E-state index < -0.39 is 36.5 Å². The molecular formula is C25H27N3O6. The van der Waals surface area contributed by atoms with Gasteiger partial charge in [-0.25, -0.2) is 4.79 Å². The highest BCUT2D eigenvalue weighted by molar-refractivity contribution is 5.88. The van der Waals surface area contributed by atoms with Crippen LogP contribution in [-0.4, -0.2) is 54.7 Å². The molecule has 0 radical (unpaired) electrons. The second kappa shape index (κ2) is 10.4. The third-order valence-corrected chi connectivity index (χ3v) is 6.36. The third-order valence-electron chi connectivity index (χ3n) is 6.36. The van der Waals surface area contributed by atoms with E-state index in [0.717, 1.165) is 28.7 Å². The standard InChI is InChI=1S/C25H27N3O6/c29-22(26-13-23(30)31)12-27-24(32)19-10-5-11-21(19)28-25(33)34-14-20-17-8-3-1-6-15(17)16-7-2-4-9-18(16)20/h1-4,6-9,19-21H,5,10-14H2,(H,26,29)(H,27,32)(H,28,33)(H,30,31). The first-order valence-electron chi connectivity index (χ1n) is 11.3. The minimum absolute atomic E-state index is 0.0508. The van der Waals surface area contributed by atoms with Crippen LogP contribution in [0.15, 0.2) is 48.5 Å². The van der Waals surface area contributed by atoms with Gasteiger partial charge in [-0.15, -0.1) is 0 Å². The van der Waals surface area contributed by atoms with Crippen molar-refractivity contribution in [1.29, 1.82) is 0 Å². The highest BCUT2D eigenvalue weighted by Gasteiger charge is 2.35. The number of carboxylic acids is 1. The molecular weight excluding hydrogens is 438 g/mol. The number of amides is 3. The van der Waals surface area contributed by atoms with Gasteiger partial charge in [0, 0.05) is 12.0 Å². The van der Waals surface area contributed by atoms with E-state index in [1.807, 2.05) is 36.4 Å². The smallest absolute Gasteiger partial charge is 0.407 e. The molecule has 0 heterocycles. The molecule has 3 amide bonds. The van der Waals surface area contributed by atoms with E-state index in [1.165, 1.54) is 0 Å². The molecule has 2 aliphatic carbocycles. The first-order valence-corrected chi connectivity index (χ1v) is 11.3. The molecule has 9 heteroatoms. The monoisotopic (exact) mass is 465 g/mol. The number of rotatable bonds is 8. The Hall–Kier alpha value is -3.88. The summed E-state index contributed by atoms with van der Waals surface area (Å²) in [4.78, 5) is 47.2. The lowest BCUT2D eigenvalue weighted by Crippen LogP contribution is -2.46. The van der Waals surface area contributed by atoms with E-state index in [4.69, 9.17) is 9.84 Å². The van der Waals surface area contributed by atoms with Crippen LogP contribution in [0.2, 0.25) is 0 Å². The minimum atomic E-state index is -1.16. The van der Waals surface area contributed by atoms with Gasteiger partial charge in [-0.1, -0.05) is 55.0 Å². The van der Waals surface area contributed by atoms with Crippen LogP contribution in [0, 0.1) is 5.92 Å². The third kappa shape index (κ3) is 5.19. The Balaban J connectivity index is 1.30. The molecule has 2 atom stereocenters. The molecule has 178 valence electrons. The van der Waals surface area contributed by atoms with Crippen LogP contribution in [-0.2, 0) is 19.1 Å². The van der Waals surface area contributed by atoms with Crippen LogP contribution in [0.3, 0.4) is 0 Å². The normalized spacial score (nSPS) is 18.5. The maximum absolute atomic E-state index is 12.6. The molecule has 4 rings (SSSR count). The van der Waals surface area contributed by atoms with Crippen LogP contribution in [0.1, 0.15) is 36.3 Å². The van der Waals surface area contributed by atoms with Gasteiger partial charge >= 0.3 is 12.1 Å². The van der Waals surface area contributed by atoms with Gasteiger partial charge in [0.2, 0.25) is 11.8 Å². The van der Waals surface area contributed by atoms with Crippen molar-refractivity contribution < 1.29 is 29.0 Å². The fourth-order valence-corrected chi connectivity index (χ4v) is 4.77. The number of carbonyl (C=O) groups excluding carboxylic acids is 3. The zero-order valence-corrected chi connectivity index (χ0v) is 18.6. The topological polar surface area (TPSA) is 134 Å². The molecule has 0 spiro atoms. The number of alkyl carbamates (subject to hydrolysis) is 1. The van der Waals surface area contributed by atoms with Crippen LogP contribution in [0.25, 0.3) is 11.1 Å². The predicted molar refractivity (Wildman–Crippen MR) is 123 cm³/mol. The van der Waals surface area contributed by atoms with Crippen LogP contribution in [0.5, 0.6) is 0 Å². The molecule has 1 saturated carbocycles. The van der Waals surface area contributed by atoms with Crippen LogP contribution in [0.4, 0.5) is 4.79 Å². The minimum Gasteiger partial charge on any atom is -0.480 e. The molecule has 0 aliphatic heterocycles. The number of fused-ring (bicyclic) bond motifs is 3. The van der Waals surface area contributed by atoms with Crippen LogP contribution < -0.4 is 16.0 Å². The zero-order chi connectivity index (χ0) is 24.1. The lowest BCUT2D eigenvalue weighted by atomic mass is 9.98. The summed E-state index contributed by atoms with van der Waals surface area (Å²) in [6.07, 6.45) is 1.40. The summed E-state index contributed by atoms with van der Waals surface area (Å²) in [5.41, 5.74) is 4.53. The van der Waals surface area contributed by atoms with E-state index in [1.54, 1.807) is 0 Å². The van der Waals surface area contributed by atoms with Gasteiger partial charge < -0.3 is 25.8 Å². The van der Waals surface area contributed by atoms with Crippen molar-refractivity contribution in [2.75, 3.05) is 19.7 Å². The second-order valence-electron chi connectivity index (χ2n) is 8.50. The Kier molecular flexibility index (Phi) is 7.10. The second-order valence-corrected chi connectivity index (χ2v) is 8.50. The summed E-state index contributed by atoms with van der Waals surface area (Å²) in [5, 5.41) is 16.1. The lowest BCUT2D eigenvalue weighted by Gasteiger charge is -2.21. The van der Waals surface area contributed by atoms with Gasteiger partial charge in [-0.05, 0) is 35.1 Å². The fourth-order valence-electron chi connectivity index (χ4n) is 4.77. The molecule has 2 aliphatic rings. The summed E-state index contributed by atoms with van der Waals surface area (Å²) in [5.74, 6) is -2.64. The van der Waals surface area contributed by atoms with E-state index in [-0.39, 0.29) is 25.0 Å². The largest absolute Gasteiger partial charge is 0.480 e. The van der Waals surface area contributed by atoms with E-state index in [2.05, 4.69) is 28.1 Å². The number of hydrogen-bond acceptors (Lipinski definition) is 5. The number of nitrogens with one attached hydrogen (secondary N) is 3. The molecule has 1 fully saturated rings. The summed E-state index contributed by atoms with van der Waals surface area (Å²) in [7, 11) is 0. The average Bonchev–Trinajstić information content (AvgIpc) is 3.42. The number of hydrogen-bond donors (Lipinski definition) is 4. The Labute approximate surface area is 196 Å². The van der Waals surface area contributed by atoms with Crippen molar-refractivity contribution in [3.05, 3.63) is 59.7 Å². The van der Waals surface area contributed by atoms with Crippen LogP contribution >= 0.6 is 0 Å². The predicted octanol–water partition coefficient (Wildman–Crippen LogP) is 2.01. The lowest BCUT2D eigenvalue weighted by molar-refractivity contribution is -0.137. The number of aliphatic carboxylic acids is 1. The highest BCUT2D eigenvalue weighted by Crippen LogP contribution is 2.44. The molecule has 2 aromatic carbocycles. The molecule has 0 aromatic heterocycles. The van der Waals surface area contributed by atoms with Crippen molar-refractivity contribution in [1.82, 2.24) is 16.0 Å². The molecule has 34 heavy (non-hydrogen) atoms. The summed E-state index contributed by atoms with van der Waals surface area (Å²) < 4.78 is 5.58. The van der Waals surface area contributed by atoms with Gasteiger partial charge in [-0.2, -0.15) is 0 Å². The van der Waals surface area contributed by atoms with Gasteiger partial charge in [-0.3, -0.25) is 14.4 Å². The number of carbonyl (C=O) groups is 4.